The molecule has 1 atom stereocenters. The molecule has 0 bridgehead atoms. The molecule has 1 unspecified atom stereocenters. The predicted octanol–water partition coefficient (Wildman–Crippen LogP) is 2.39. The fraction of sp³-hybridized carbons (Fsp3) is 0.217. The minimum absolute atomic E-state index is 0.0792. The van der Waals surface area contributed by atoms with Gasteiger partial charge in [0, 0.05) is 18.8 Å². The zero-order valence-electron chi connectivity index (χ0n) is 17.8. The number of phenols is 1. The third kappa shape index (κ3) is 4.85. The molecule has 10 heteroatoms. The molecule has 0 amide bonds. The number of ether oxygens (including phenoxy) is 2. The van der Waals surface area contributed by atoms with E-state index in [9.17, 15) is 5.11 Å². The number of hydrogen-bond donors (Lipinski definition) is 3. The molecule has 168 valence electrons. The van der Waals surface area contributed by atoms with Crippen LogP contribution in [0.5, 0.6) is 5.75 Å². The van der Waals surface area contributed by atoms with Crippen LogP contribution in [0, 0.1) is 0 Å². The number of aliphatic imine (C=N–C) groups is 1. The van der Waals surface area contributed by atoms with Gasteiger partial charge >= 0.3 is 0 Å². The molecule has 2 aliphatic rings. The number of amidine groups is 1. The van der Waals surface area contributed by atoms with Gasteiger partial charge in [-0.05, 0) is 29.3 Å². The fourth-order valence-electron chi connectivity index (χ4n) is 3.58. The highest BCUT2D eigenvalue weighted by Gasteiger charge is 2.23. The summed E-state index contributed by atoms with van der Waals surface area (Å²) in [5.41, 5.74) is 8.60. The summed E-state index contributed by atoms with van der Waals surface area (Å²) >= 11 is 0. The Kier molecular flexibility index (Phi) is 5.73. The van der Waals surface area contributed by atoms with Crippen molar-refractivity contribution in [3.05, 3.63) is 71.8 Å². The lowest BCUT2D eigenvalue weighted by molar-refractivity contribution is 0.122. The molecule has 10 nitrogen and oxygen atoms in total. The average molecular weight is 445 g/mol. The van der Waals surface area contributed by atoms with Crippen LogP contribution < -0.4 is 16.0 Å². The van der Waals surface area contributed by atoms with Crippen LogP contribution in [-0.4, -0.2) is 52.4 Å². The number of anilines is 2. The molecule has 3 aromatic rings. The number of nitrogens with one attached hydrogen (secondary N) is 1. The first-order chi connectivity index (χ1) is 16.1. The van der Waals surface area contributed by atoms with E-state index in [2.05, 4.69) is 25.3 Å². The van der Waals surface area contributed by atoms with Gasteiger partial charge in [-0.1, -0.05) is 42.5 Å². The number of benzene rings is 2. The molecular formula is C23H23N7O3. The van der Waals surface area contributed by atoms with Gasteiger partial charge in [-0.15, -0.1) is 0 Å². The standard InChI is InChI=1S/C23H23N7O3/c24-20-26-21(28-22(27-20)30-10-12-32-13-11-30)29-23-25-18(15-4-2-1-3-5-15)14-19(33-23)16-6-8-17(31)9-7-16/h1-9,14,19,31H,10-13H2,(H3,24,25,26,27,28,29). The number of morpholine rings is 1. The highest BCUT2D eigenvalue weighted by atomic mass is 16.5. The second-order valence-corrected chi connectivity index (χ2v) is 7.51. The van der Waals surface area contributed by atoms with Crippen LogP contribution in [0.2, 0.25) is 0 Å². The first kappa shape index (κ1) is 20.7. The van der Waals surface area contributed by atoms with E-state index in [0.29, 0.717) is 32.3 Å². The van der Waals surface area contributed by atoms with Crippen molar-refractivity contribution in [2.24, 2.45) is 4.99 Å². The lowest BCUT2D eigenvalue weighted by atomic mass is 10.0. The summed E-state index contributed by atoms with van der Waals surface area (Å²) in [5, 5.41) is 12.9. The first-order valence-electron chi connectivity index (χ1n) is 10.6. The molecule has 33 heavy (non-hydrogen) atoms. The van der Waals surface area contributed by atoms with Gasteiger partial charge in [0.25, 0.3) is 12.0 Å². The summed E-state index contributed by atoms with van der Waals surface area (Å²) in [6.45, 7) is 2.52. The van der Waals surface area contributed by atoms with E-state index < -0.39 is 6.10 Å². The molecule has 5 rings (SSSR count). The molecule has 1 aromatic heterocycles. The molecule has 2 aliphatic heterocycles. The van der Waals surface area contributed by atoms with E-state index in [4.69, 9.17) is 15.2 Å². The number of nitrogens with zero attached hydrogens (tertiary/aromatic N) is 5. The number of hydrogen-bond acceptors (Lipinski definition) is 9. The fourth-order valence-corrected chi connectivity index (χ4v) is 3.58. The maximum atomic E-state index is 9.65. The second kappa shape index (κ2) is 9.13. The predicted molar refractivity (Wildman–Crippen MR) is 124 cm³/mol. The van der Waals surface area contributed by atoms with Gasteiger partial charge in [-0.2, -0.15) is 19.9 Å². The Bertz CT molecular complexity index is 1180. The largest absolute Gasteiger partial charge is 0.508 e. The first-order valence-corrected chi connectivity index (χ1v) is 10.6. The molecule has 4 N–H and O–H groups in total. The van der Waals surface area contributed by atoms with Crippen molar-refractivity contribution in [2.45, 2.75) is 6.10 Å². The highest BCUT2D eigenvalue weighted by molar-refractivity contribution is 5.88. The Hall–Kier alpha value is -4.18. The zero-order valence-corrected chi connectivity index (χ0v) is 17.8. The smallest absolute Gasteiger partial charge is 0.298 e. The van der Waals surface area contributed by atoms with E-state index in [1.807, 2.05) is 41.3 Å². The van der Waals surface area contributed by atoms with Crippen LogP contribution in [0.4, 0.5) is 17.8 Å². The number of nitrogens with two attached hydrogens (primary N) is 1. The Morgan fingerprint density at radius 2 is 1.76 bits per heavy atom. The van der Waals surface area contributed by atoms with E-state index in [0.717, 1.165) is 16.8 Å². The Labute approximate surface area is 190 Å². The molecular weight excluding hydrogens is 422 g/mol. The molecule has 0 radical (unpaired) electrons. The summed E-state index contributed by atoms with van der Waals surface area (Å²) in [6.07, 6.45) is 1.53. The van der Waals surface area contributed by atoms with Crippen LogP contribution in [0.3, 0.4) is 0 Å². The molecule has 0 spiro atoms. The van der Waals surface area contributed by atoms with Crippen molar-refractivity contribution in [2.75, 3.05) is 36.9 Å². The quantitative estimate of drug-likeness (QED) is 0.554. The maximum absolute atomic E-state index is 9.65. The van der Waals surface area contributed by atoms with Gasteiger partial charge < -0.3 is 30.5 Å². The molecule has 0 aliphatic carbocycles. The van der Waals surface area contributed by atoms with Crippen LogP contribution in [-0.2, 0) is 9.47 Å². The van der Waals surface area contributed by atoms with Gasteiger partial charge in [0.15, 0.2) is 0 Å². The number of aromatic nitrogens is 3. The van der Waals surface area contributed by atoms with Crippen LogP contribution in [0.1, 0.15) is 17.2 Å². The number of phenolic OH excluding ortho intramolecular Hbond substituents is 1. The Morgan fingerprint density at radius 3 is 2.52 bits per heavy atom. The van der Waals surface area contributed by atoms with Gasteiger partial charge in [-0.3, -0.25) is 0 Å². The number of rotatable bonds is 4. The van der Waals surface area contributed by atoms with Crippen molar-refractivity contribution >= 4 is 29.6 Å². The molecule has 1 saturated heterocycles. The summed E-state index contributed by atoms with van der Waals surface area (Å²) in [6, 6.07) is 16.9. The van der Waals surface area contributed by atoms with Gasteiger partial charge in [0.2, 0.25) is 11.9 Å². The Morgan fingerprint density at radius 1 is 1.00 bits per heavy atom. The highest BCUT2D eigenvalue weighted by Crippen LogP contribution is 2.29. The number of aromatic hydroxyl groups is 1. The third-order valence-corrected chi connectivity index (χ3v) is 5.23. The SMILES string of the molecule is Nc1nc(/N=C2\NC(c3ccccc3)=CC(c3ccc(O)cc3)O2)nc(N2CCOCC2)n1. The van der Waals surface area contributed by atoms with Crippen LogP contribution in [0.15, 0.2) is 65.7 Å². The summed E-state index contributed by atoms with van der Waals surface area (Å²) in [7, 11) is 0. The second-order valence-electron chi connectivity index (χ2n) is 7.51. The molecule has 3 heterocycles. The van der Waals surface area contributed by atoms with Crippen LogP contribution >= 0.6 is 0 Å². The topological polar surface area (TPSA) is 131 Å². The van der Waals surface area contributed by atoms with Crippen molar-refractivity contribution < 1.29 is 14.6 Å². The average Bonchev–Trinajstić information content (AvgIpc) is 2.85. The van der Waals surface area contributed by atoms with Crippen molar-refractivity contribution in [1.29, 1.82) is 0 Å². The minimum Gasteiger partial charge on any atom is -0.508 e. The van der Waals surface area contributed by atoms with Gasteiger partial charge in [0.1, 0.15) is 11.9 Å². The maximum Gasteiger partial charge on any atom is 0.298 e. The monoisotopic (exact) mass is 445 g/mol. The third-order valence-electron chi connectivity index (χ3n) is 5.23. The van der Waals surface area contributed by atoms with Crippen LogP contribution in [0.25, 0.3) is 5.70 Å². The Balaban J connectivity index is 1.49. The molecule has 2 aromatic carbocycles. The van der Waals surface area contributed by atoms with Crippen molar-refractivity contribution in [1.82, 2.24) is 20.3 Å². The van der Waals surface area contributed by atoms with E-state index in [-0.39, 0.29) is 23.7 Å². The minimum atomic E-state index is -0.432. The lowest BCUT2D eigenvalue weighted by Gasteiger charge is -2.27. The molecule has 0 saturated carbocycles. The number of nitrogen functional groups attached to an aromatic ring is 1. The molecule has 1 fully saturated rings. The van der Waals surface area contributed by atoms with Gasteiger partial charge in [0.05, 0.1) is 13.2 Å². The van der Waals surface area contributed by atoms with E-state index in [1.54, 1.807) is 24.3 Å². The van der Waals surface area contributed by atoms with Crippen molar-refractivity contribution in [3.63, 3.8) is 0 Å². The van der Waals surface area contributed by atoms with Gasteiger partial charge in [-0.25, -0.2) is 0 Å². The summed E-state index contributed by atoms with van der Waals surface area (Å²) in [4.78, 5) is 19.4. The van der Waals surface area contributed by atoms with Crippen molar-refractivity contribution in [3.8, 4) is 5.75 Å². The van der Waals surface area contributed by atoms with E-state index >= 15 is 0 Å². The normalized spacial score (nSPS) is 19.5. The van der Waals surface area contributed by atoms with E-state index in [1.165, 1.54) is 0 Å². The summed E-state index contributed by atoms with van der Waals surface area (Å²) in [5.74, 6) is 0.862. The zero-order chi connectivity index (χ0) is 22.6. The lowest BCUT2D eigenvalue weighted by Crippen LogP contribution is -2.37. The summed E-state index contributed by atoms with van der Waals surface area (Å²) < 4.78 is 11.5.